The van der Waals surface area contributed by atoms with Gasteiger partial charge in [0.1, 0.15) is 5.75 Å². The Hall–Kier alpha value is -1.51. The highest BCUT2D eigenvalue weighted by Gasteiger charge is 1.98. The van der Waals surface area contributed by atoms with Crippen molar-refractivity contribution in [2.24, 2.45) is 5.16 Å². The van der Waals surface area contributed by atoms with Crippen LogP contribution in [-0.4, -0.2) is 17.5 Å². The van der Waals surface area contributed by atoms with Crippen LogP contribution in [0.2, 0.25) is 0 Å². The Morgan fingerprint density at radius 2 is 1.89 bits per heavy atom. The number of nitrogens with zero attached hydrogens (tertiary/aromatic N) is 1. The van der Waals surface area contributed by atoms with Gasteiger partial charge in [-0.15, -0.1) is 0 Å². The Kier molecular flexibility index (Phi) is 6.92. The van der Waals surface area contributed by atoms with Gasteiger partial charge in [-0.1, -0.05) is 43.5 Å². The van der Waals surface area contributed by atoms with Crippen molar-refractivity contribution in [2.75, 3.05) is 6.61 Å². The van der Waals surface area contributed by atoms with E-state index in [4.69, 9.17) is 9.94 Å². The lowest BCUT2D eigenvalue weighted by molar-refractivity contribution is 0.305. The first-order valence-electron chi connectivity index (χ1n) is 6.65. The molecule has 0 aliphatic carbocycles. The lowest BCUT2D eigenvalue weighted by Crippen LogP contribution is -1.99. The molecule has 0 unspecified atom stereocenters. The van der Waals surface area contributed by atoms with Crippen LogP contribution in [-0.2, 0) is 6.42 Å². The van der Waals surface area contributed by atoms with Gasteiger partial charge in [-0.3, -0.25) is 0 Å². The second-order valence-corrected chi connectivity index (χ2v) is 4.57. The number of rotatable bonds is 8. The molecule has 0 saturated carbocycles. The summed E-state index contributed by atoms with van der Waals surface area (Å²) < 4.78 is 5.66. The molecule has 0 amide bonds. The molecule has 0 spiro atoms. The van der Waals surface area contributed by atoms with Gasteiger partial charge in [-0.25, -0.2) is 0 Å². The van der Waals surface area contributed by atoms with E-state index in [9.17, 15) is 0 Å². The fourth-order valence-corrected chi connectivity index (χ4v) is 1.75. The number of hydrogen-bond donors (Lipinski definition) is 1. The normalized spacial score (nSPS) is 11.6. The van der Waals surface area contributed by atoms with Crippen molar-refractivity contribution in [3.63, 3.8) is 0 Å². The summed E-state index contributed by atoms with van der Waals surface area (Å²) in [6.07, 6.45) is 5.56. The van der Waals surface area contributed by atoms with Crippen molar-refractivity contribution in [1.29, 1.82) is 0 Å². The van der Waals surface area contributed by atoms with E-state index in [1.165, 1.54) is 19.3 Å². The minimum absolute atomic E-state index is 0.674. The zero-order valence-corrected chi connectivity index (χ0v) is 11.4. The largest absolute Gasteiger partial charge is 0.494 e. The highest BCUT2D eigenvalue weighted by atomic mass is 16.5. The molecule has 0 atom stereocenters. The minimum atomic E-state index is 0.674. The van der Waals surface area contributed by atoms with Crippen molar-refractivity contribution < 1.29 is 9.94 Å². The van der Waals surface area contributed by atoms with Gasteiger partial charge >= 0.3 is 0 Å². The molecular formula is C15H23NO2. The molecule has 3 heteroatoms. The Morgan fingerprint density at radius 3 is 2.50 bits per heavy atom. The quantitative estimate of drug-likeness (QED) is 0.327. The van der Waals surface area contributed by atoms with Gasteiger partial charge in [0.2, 0.25) is 0 Å². The summed E-state index contributed by atoms with van der Waals surface area (Å²) in [6, 6.07) is 7.96. The molecule has 1 rings (SSSR count). The fraction of sp³-hybridized carbons (Fsp3) is 0.533. The number of ether oxygens (including phenoxy) is 1. The maximum atomic E-state index is 8.60. The van der Waals surface area contributed by atoms with Gasteiger partial charge in [0.15, 0.2) is 0 Å². The topological polar surface area (TPSA) is 41.8 Å². The van der Waals surface area contributed by atoms with Crippen LogP contribution in [0.5, 0.6) is 5.75 Å². The lowest BCUT2D eigenvalue weighted by atomic mass is 10.1. The van der Waals surface area contributed by atoms with E-state index in [0.717, 1.165) is 24.3 Å². The predicted molar refractivity (Wildman–Crippen MR) is 74.7 cm³/mol. The van der Waals surface area contributed by atoms with Crippen molar-refractivity contribution >= 4 is 5.71 Å². The van der Waals surface area contributed by atoms with E-state index in [-0.39, 0.29) is 0 Å². The SMILES string of the molecule is CCCCCCOc1ccc(C/C(C)=N/O)cc1. The molecule has 3 nitrogen and oxygen atoms in total. The van der Waals surface area contributed by atoms with Crippen LogP contribution in [0.4, 0.5) is 0 Å². The summed E-state index contributed by atoms with van der Waals surface area (Å²) in [7, 11) is 0. The van der Waals surface area contributed by atoms with Gasteiger partial charge in [-0.05, 0) is 31.0 Å². The van der Waals surface area contributed by atoms with Crippen molar-refractivity contribution in [3.05, 3.63) is 29.8 Å². The molecule has 18 heavy (non-hydrogen) atoms. The third-order valence-electron chi connectivity index (χ3n) is 2.82. The third-order valence-corrected chi connectivity index (χ3v) is 2.82. The van der Waals surface area contributed by atoms with Crippen molar-refractivity contribution in [2.45, 2.75) is 46.0 Å². The first kappa shape index (κ1) is 14.6. The summed E-state index contributed by atoms with van der Waals surface area (Å²) >= 11 is 0. The van der Waals surface area contributed by atoms with Crippen LogP contribution in [0.15, 0.2) is 29.4 Å². The molecule has 0 radical (unpaired) electrons. The summed E-state index contributed by atoms with van der Waals surface area (Å²) in [5.74, 6) is 0.911. The van der Waals surface area contributed by atoms with Crippen LogP contribution < -0.4 is 4.74 Å². The number of hydrogen-bond acceptors (Lipinski definition) is 3. The van der Waals surface area contributed by atoms with Crippen molar-refractivity contribution in [3.8, 4) is 5.75 Å². The molecule has 1 aromatic rings. The molecule has 0 bridgehead atoms. The van der Waals surface area contributed by atoms with Gasteiger partial charge in [0, 0.05) is 6.42 Å². The van der Waals surface area contributed by atoms with Crippen LogP contribution >= 0.6 is 0 Å². The molecular weight excluding hydrogens is 226 g/mol. The van der Waals surface area contributed by atoms with Crippen LogP contribution in [0, 0.1) is 0 Å². The van der Waals surface area contributed by atoms with Gasteiger partial charge in [-0.2, -0.15) is 0 Å². The van der Waals surface area contributed by atoms with E-state index >= 15 is 0 Å². The van der Waals surface area contributed by atoms with Gasteiger partial charge in [0.05, 0.1) is 12.3 Å². The summed E-state index contributed by atoms with van der Waals surface area (Å²) in [5.41, 5.74) is 1.84. The minimum Gasteiger partial charge on any atom is -0.494 e. The second-order valence-electron chi connectivity index (χ2n) is 4.57. The third kappa shape index (κ3) is 5.71. The molecule has 1 aromatic carbocycles. The summed E-state index contributed by atoms with van der Waals surface area (Å²) in [6.45, 7) is 4.80. The molecule has 0 saturated heterocycles. The van der Waals surface area contributed by atoms with Crippen LogP contribution in [0.25, 0.3) is 0 Å². The average molecular weight is 249 g/mol. The molecule has 0 aromatic heterocycles. The van der Waals surface area contributed by atoms with E-state index < -0.39 is 0 Å². The Bertz CT molecular complexity index is 357. The van der Waals surface area contributed by atoms with Gasteiger partial charge < -0.3 is 9.94 Å². The average Bonchev–Trinajstić information content (AvgIpc) is 2.40. The van der Waals surface area contributed by atoms with Crippen LogP contribution in [0.3, 0.4) is 0 Å². The number of oxime groups is 1. The molecule has 100 valence electrons. The van der Waals surface area contributed by atoms with Crippen molar-refractivity contribution in [1.82, 2.24) is 0 Å². The fourth-order valence-electron chi connectivity index (χ4n) is 1.75. The first-order valence-corrected chi connectivity index (χ1v) is 6.65. The number of unbranched alkanes of at least 4 members (excludes halogenated alkanes) is 3. The Labute approximate surface area is 109 Å². The summed E-state index contributed by atoms with van der Waals surface area (Å²) in [4.78, 5) is 0. The Morgan fingerprint density at radius 1 is 1.17 bits per heavy atom. The summed E-state index contributed by atoms with van der Waals surface area (Å²) in [5, 5.41) is 11.8. The lowest BCUT2D eigenvalue weighted by Gasteiger charge is -2.07. The molecule has 0 fully saturated rings. The standard InChI is InChI=1S/C15H23NO2/c1-3-4-5-6-11-18-15-9-7-14(8-10-15)12-13(2)16-17/h7-10,17H,3-6,11-12H2,1-2H3/b16-13+. The molecule has 0 aliphatic heterocycles. The molecule has 0 aliphatic rings. The highest BCUT2D eigenvalue weighted by molar-refractivity contribution is 5.83. The highest BCUT2D eigenvalue weighted by Crippen LogP contribution is 2.13. The number of benzene rings is 1. The first-order chi connectivity index (χ1) is 8.76. The zero-order chi connectivity index (χ0) is 13.2. The monoisotopic (exact) mass is 249 g/mol. The second kappa shape index (κ2) is 8.56. The zero-order valence-electron chi connectivity index (χ0n) is 11.4. The van der Waals surface area contributed by atoms with E-state index in [0.29, 0.717) is 12.1 Å². The Balaban J connectivity index is 2.31. The maximum absolute atomic E-state index is 8.60. The smallest absolute Gasteiger partial charge is 0.119 e. The van der Waals surface area contributed by atoms with Gasteiger partial charge in [0.25, 0.3) is 0 Å². The van der Waals surface area contributed by atoms with E-state index in [2.05, 4.69) is 12.1 Å². The molecule has 1 N–H and O–H groups in total. The molecule has 0 heterocycles. The predicted octanol–water partition coefficient (Wildman–Crippen LogP) is 4.04. The van der Waals surface area contributed by atoms with E-state index in [1.54, 1.807) is 6.92 Å². The van der Waals surface area contributed by atoms with E-state index in [1.807, 2.05) is 24.3 Å². The van der Waals surface area contributed by atoms with Crippen LogP contribution in [0.1, 0.15) is 45.1 Å². The maximum Gasteiger partial charge on any atom is 0.119 e.